The predicted octanol–water partition coefficient (Wildman–Crippen LogP) is 5.85. The Bertz CT molecular complexity index is 1390. The highest BCUT2D eigenvalue weighted by Crippen LogP contribution is 2.47. The van der Waals surface area contributed by atoms with Gasteiger partial charge in [-0.15, -0.1) is 0 Å². The minimum atomic E-state index is -0.674. The molecule has 1 N–H and O–H groups in total. The van der Waals surface area contributed by atoms with Crippen molar-refractivity contribution in [2.24, 2.45) is 0 Å². The van der Waals surface area contributed by atoms with Gasteiger partial charge in [-0.1, -0.05) is 24.6 Å². The smallest absolute Gasteiger partial charge is 0.337 e. The molecule has 1 saturated carbocycles. The Morgan fingerprint density at radius 3 is 2.27 bits per heavy atom. The van der Waals surface area contributed by atoms with Gasteiger partial charge in [-0.3, -0.25) is 14.9 Å². The monoisotopic (exact) mass is 546 g/mol. The number of nitro benzene ring substituents is 1. The van der Waals surface area contributed by atoms with Crippen LogP contribution in [0.25, 0.3) is 0 Å². The van der Waals surface area contributed by atoms with Gasteiger partial charge in [0.25, 0.3) is 5.69 Å². The number of hydrogen-bond acceptors (Lipinski definition) is 8. The molecule has 0 spiro atoms. The fraction of sp³-hybridized carbons (Fsp3) is 0.419. The Balaban J connectivity index is 1.52. The Kier molecular flexibility index (Phi) is 7.91. The van der Waals surface area contributed by atoms with Crippen molar-refractivity contribution in [3.63, 3.8) is 0 Å². The summed E-state index contributed by atoms with van der Waals surface area (Å²) in [7, 11) is 3.16. The van der Waals surface area contributed by atoms with Crippen LogP contribution in [0.2, 0.25) is 0 Å². The number of carbonyl (C=O) groups is 2. The van der Waals surface area contributed by atoms with Crippen molar-refractivity contribution in [1.82, 2.24) is 5.32 Å². The van der Waals surface area contributed by atoms with Gasteiger partial charge in [0.1, 0.15) is 6.10 Å². The SMILES string of the molecule is COc1ccc([C@H]2CC(=O)C3=C(C2)NC(C)=C(C(=O)OC2CCCCC2)[C@H]3c2ccc([N+](=O)[O-])cc2)cc1OC. The van der Waals surface area contributed by atoms with Gasteiger partial charge in [-0.2, -0.15) is 0 Å². The Labute approximate surface area is 233 Å². The third kappa shape index (κ3) is 5.33. The van der Waals surface area contributed by atoms with Gasteiger partial charge >= 0.3 is 5.97 Å². The highest BCUT2D eigenvalue weighted by Gasteiger charge is 2.42. The second-order valence-electron chi connectivity index (χ2n) is 10.6. The number of ketones is 1. The van der Waals surface area contributed by atoms with Gasteiger partial charge in [0, 0.05) is 41.4 Å². The first-order valence-corrected chi connectivity index (χ1v) is 13.7. The summed E-state index contributed by atoms with van der Waals surface area (Å²) in [6, 6.07) is 11.8. The largest absolute Gasteiger partial charge is 0.493 e. The molecular weight excluding hydrogens is 512 g/mol. The molecule has 0 radical (unpaired) electrons. The lowest BCUT2D eigenvalue weighted by Crippen LogP contribution is -2.37. The number of nitrogens with zero attached hydrogens (tertiary/aromatic N) is 1. The summed E-state index contributed by atoms with van der Waals surface area (Å²) in [6.45, 7) is 1.82. The van der Waals surface area contributed by atoms with E-state index in [9.17, 15) is 19.7 Å². The first-order chi connectivity index (χ1) is 19.3. The summed E-state index contributed by atoms with van der Waals surface area (Å²) in [5.74, 6) is -0.0841. The number of nitro groups is 1. The maximum atomic E-state index is 13.9. The van der Waals surface area contributed by atoms with Crippen LogP contribution in [-0.4, -0.2) is 37.0 Å². The number of nitrogens with one attached hydrogen (secondary N) is 1. The molecule has 0 amide bonds. The molecule has 0 aromatic heterocycles. The number of allylic oxidation sites excluding steroid dienone is 3. The summed E-state index contributed by atoms with van der Waals surface area (Å²) >= 11 is 0. The van der Waals surface area contributed by atoms with Crippen LogP contribution in [-0.2, 0) is 14.3 Å². The van der Waals surface area contributed by atoms with Crippen LogP contribution in [0.4, 0.5) is 5.69 Å². The molecule has 0 saturated heterocycles. The van der Waals surface area contributed by atoms with Gasteiger partial charge in [0.05, 0.1) is 24.7 Å². The van der Waals surface area contributed by atoms with E-state index in [0.29, 0.717) is 40.3 Å². The van der Waals surface area contributed by atoms with E-state index in [-0.39, 0.29) is 29.9 Å². The zero-order valence-electron chi connectivity index (χ0n) is 23.0. The summed E-state index contributed by atoms with van der Waals surface area (Å²) < 4.78 is 16.8. The van der Waals surface area contributed by atoms with Crippen molar-refractivity contribution >= 4 is 17.4 Å². The molecule has 1 heterocycles. The molecule has 2 aliphatic carbocycles. The standard InChI is InChI=1S/C31H34N2O7/c1-18-28(31(35)40-23-7-5-4-6-8-23)29(19-9-12-22(13-10-19)33(36)37)30-24(32-18)15-21(16-25(30)34)20-11-14-26(38-2)27(17-20)39-3/h9-14,17,21,23,29,32H,4-8,15-16H2,1-3H3/t21-,29-/m1/s1. The fourth-order valence-electron chi connectivity index (χ4n) is 6.17. The number of benzene rings is 2. The van der Waals surface area contributed by atoms with Crippen molar-refractivity contribution < 1.29 is 28.7 Å². The van der Waals surface area contributed by atoms with Crippen molar-refractivity contribution in [3.8, 4) is 11.5 Å². The van der Waals surface area contributed by atoms with E-state index in [1.165, 1.54) is 12.1 Å². The van der Waals surface area contributed by atoms with Crippen LogP contribution < -0.4 is 14.8 Å². The van der Waals surface area contributed by atoms with Gasteiger partial charge < -0.3 is 19.5 Å². The van der Waals surface area contributed by atoms with Gasteiger partial charge in [-0.25, -0.2) is 4.79 Å². The van der Waals surface area contributed by atoms with Crippen LogP contribution in [0, 0.1) is 10.1 Å². The van der Waals surface area contributed by atoms with Crippen LogP contribution in [0.3, 0.4) is 0 Å². The molecule has 2 atom stereocenters. The van der Waals surface area contributed by atoms with Gasteiger partial charge in [-0.05, 0) is 68.2 Å². The summed E-state index contributed by atoms with van der Waals surface area (Å²) in [5.41, 5.74) is 3.84. The summed E-state index contributed by atoms with van der Waals surface area (Å²) in [4.78, 5) is 38.4. The molecule has 40 heavy (non-hydrogen) atoms. The number of methoxy groups -OCH3 is 2. The first kappa shape index (κ1) is 27.4. The number of Topliss-reactive ketones (excluding diaryl/α,β-unsaturated/α-hetero) is 1. The third-order valence-electron chi connectivity index (χ3n) is 8.19. The highest BCUT2D eigenvalue weighted by molar-refractivity contribution is 6.04. The van der Waals surface area contributed by atoms with Crippen LogP contribution in [0.15, 0.2) is 65.0 Å². The van der Waals surface area contributed by atoms with Crippen LogP contribution in [0.5, 0.6) is 11.5 Å². The number of dihydropyridines is 1. The predicted molar refractivity (Wildman–Crippen MR) is 148 cm³/mol. The Morgan fingerprint density at radius 1 is 0.950 bits per heavy atom. The second-order valence-corrected chi connectivity index (χ2v) is 10.6. The van der Waals surface area contributed by atoms with E-state index in [1.807, 2.05) is 25.1 Å². The highest BCUT2D eigenvalue weighted by atomic mass is 16.6. The summed E-state index contributed by atoms with van der Waals surface area (Å²) in [5, 5.41) is 14.7. The average Bonchev–Trinajstić information content (AvgIpc) is 2.96. The molecule has 5 rings (SSSR count). The topological polar surface area (TPSA) is 117 Å². The maximum absolute atomic E-state index is 13.9. The molecule has 1 fully saturated rings. The lowest BCUT2D eigenvalue weighted by molar-refractivity contribution is -0.384. The molecule has 2 aromatic carbocycles. The number of esters is 1. The van der Waals surface area contributed by atoms with E-state index >= 15 is 0 Å². The number of carbonyl (C=O) groups excluding carboxylic acids is 2. The molecule has 9 heteroatoms. The van der Waals surface area contributed by atoms with Crippen molar-refractivity contribution in [2.75, 3.05) is 14.2 Å². The molecule has 3 aliphatic rings. The summed E-state index contributed by atoms with van der Waals surface area (Å²) in [6.07, 6.45) is 5.49. The molecule has 9 nitrogen and oxygen atoms in total. The van der Waals surface area contributed by atoms with E-state index in [2.05, 4.69) is 5.32 Å². The third-order valence-corrected chi connectivity index (χ3v) is 8.19. The van der Waals surface area contributed by atoms with Crippen LogP contribution in [0.1, 0.15) is 74.8 Å². The molecule has 0 bridgehead atoms. The van der Waals surface area contributed by atoms with E-state index in [1.54, 1.807) is 26.4 Å². The molecule has 0 unspecified atom stereocenters. The number of non-ortho nitro benzene ring substituents is 1. The zero-order valence-corrected chi connectivity index (χ0v) is 23.0. The van der Waals surface area contributed by atoms with Crippen molar-refractivity contribution in [2.45, 2.75) is 69.8 Å². The fourth-order valence-corrected chi connectivity index (χ4v) is 6.17. The normalized spacial score (nSPS) is 21.4. The van der Waals surface area contributed by atoms with Crippen molar-refractivity contribution in [1.29, 1.82) is 0 Å². The number of rotatable bonds is 7. The minimum absolute atomic E-state index is 0.0533. The minimum Gasteiger partial charge on any atom is -0.493 e. The molecule has 210 valence electrons. The molecule has 1 aliphatic heterocycles. The van der Waals surface area contributed by atoms with Gasteiger partial charge in [0.2, 0.25) is 0 Å². The van der Waals surface area contributed by atoms with E-state index in [4.69, 9.17) is 14.2 Å². The first-order valence-electron chi connectivity index (χ1n) is 13.7. The second kappa shape index (κ2) is 11.5. The van der Waals surface area contributed by atoms with E-state index < -0.39 is 16.8 Å². The lowest BCUT2D eigenvalue weighted by atomic mass is 9.71. The molecule has 2 aromatic rings. The molecular formula is C31H34N2O7. The number of hydrogen-bond donors (Lipinski definition) is 1. The number of ether oxygens (including phenoxy) is 3. The Hall–Kier alpha value is -4.14. The lowest BCUT2D eigenvalue weighted by Gasteiger charge is -2.37. The van der Waals surface area contributed by atoms with Gasteiger partial charge in [0.15, 0.2) is 17.3 Å². The Morgan fingerprint density at radius 2 is 1.62 bits per heavy atom. The van der Waals surface area contributed by atoms with E-state index in [0.717, 1.165) is 43.4 Å². The van der Waals surface area contributed by atoms with Crippen LogP contribution >= 0.6 is 0 Å². The quantitative estimate of drug-likeness (QED) is 0.261. The maximum Gasteiger partial charge on any atom is 0.337 e. The van der Waals surface area contributed by atoms with Crippen molar-refractivity contribution in [3.05, 3.63) is 86.2 Å². The average molecular weight is 547 g/mol. The zero-order chi connectivity index (χ0) is 28.4.